The molecule has 0 aliphatic rings. The van der Waals surface area contributed by atoms with Crippen LogP contribution >= 0.6 is 0 Å². The molecule has 0 radical (unpaired) electrons. The van der Waals surface area contributed by atoms with Gasteiger partial charge in [-0.25, -0.2) is 0 Å². The third-order valence-corrected chi connectivity index (χ3v) is 1.19. The van der Waals surface area contributed by atoms with Gasteiger partial charge in [0.15, 0.2) is 0 Å². The normalized spacial score (nSPS) is 12.7. The van der Waals surface area contributed by atoms with Crippen LogP contribution in [-0.4, -0.2) is 25.0 Å². The van der Waals surface area contributed by atoms with E-state index in [-0.39, 0.29) is 11.9 Å². The van der Waals surface area contributed by atoms with Crippen molar-refractivity contribution in [2.75, 3.05) is 13.1 Å². The van der Waals surface area contributed by atoms with Crippen LogP contribution in [0.25, 0.3) is 0 Å². The number of carbonyl (C=O) groups is 1. The Morgan fingerprint density at radius 2 is 2.30 bits per heavy atom. The fourth-order valence-corrected chi connectivity index (χ4v) is 0.551. The molecule has 0 bridgehead atoms. The summed E-state index contributed by atoms with van der Waals surface area (Å²) in [6, 6.07) is 0.00634. The summed E-state index contributed by atoms with van der Waals surface area (Å²) in [5.74, 6) is -0.0239. The summed E-state index contributed by atoms with van der Waals surface area (Å²) in [6.07, 6.45) is 0.746. The van der Waals surface area contributed by atoms with Gasteiger partial charge in [-0.1, -0.05) is 0 Å². The minimum atomic E-state index is -0.0239. The van der Waals surface area contributed by atoms with E-state index in [0.29, 0.717) is 13.1 Å². The van der Waals surface area contributed by atoms with Gasteiger partial charge in [0.1, 0.15) is 0 Å². The minimum absolute atomic E-state index is 0.00634. The van der Waals surface area contributed by atoms with E-state index >= 15 is 0 Å². The summed E-state index contributed by atoms with van der Waals surface area (Å²) >= 11 is 0. The van der Waals surface area contributed by atoms with Gasteiger partial charge in [0, 0.05) is 26.1 Å². The van der Waals surface area contributed by atoms with E-state index in [4.69, 9.17) is 11.5 Å². The largest absolute Gasteiger partial charge is 0.356 e. The lowest BCUT2D eigenvalue weighted by Crippen LogP contribution is -2.34. The fourth-order valence-electron chi connectivity index (χ4n) is 0.551. The van der Waals surface area contributed by atoms with Gasteiger partial charge in [0.05, 0.1) is 0 Å². The third-order valence-electron chi connectivity index (χ3n) is 1.19. The van der Waals surface area contributed by atoms with Crippen molar-refractivity contribution in [2.45, 2.75) is 19.4 Å². The minimum Gasteiger partial charge on any atom is -0.356 e. The van der Waals surface area contributed by atoms with Crippen LogP contribution in [0.3, 0.4) is 0 Å². The van der Waals surface area contributed by atoms with Gasteiger partial charge >= 0.3 is 0 Å². The van der Waals surface area contributed by atoms with Crippen molar-refractivity contribution in [2.24, 2.45) is 11.5 Å². The summed E-state index contributed by atoms with van der Waals surface area (Å²) in [6.45, 7) is 2.57. The Morgan fingerprint density at radius 3 is 2.70 bits per heavy atom. The summed E-state index contributed by atoms with van der Waals surface area (Å²) in [7, 11) is 0. The first-order valence-electron chi connectivity index (χ1n) is 3.37. The van der Waals surface area contributed by atoms with E-state index < -0.39 is 0 Å². The fraction of sp³-hybridized carbons (Fsp3) is 0.833. The van der Waals surface area contributed by atoms with Crippen molar-refractivity contribution < 1.29 is 4.79 Å². The maximum atomic E-state index is 10.3. The van der Waals surface area contributed by atoms with Crippen LogP contribution in [-0.2, 0) is 4.79 Å². The summed E-state index contributed by atoms with van der Waals surface area (Å²) < 4.78 is 0. The maximum absolute atomic E-state index is 10.3. The smallest absolute Gasteiger partial charge is 0.216 e. The highest BCUT2D eigenvalue weighted by Gasteiger charge is 1.97. The molecule has 0 aliphatic carbocycles. The highest BCUT2D eigenvalue weighted by molar-refractivity contribution is 5.72. The molecular formula is C6H15N3O. The van der Waals surface area contributed by atoms with Crippen molar-refractivity contribution in [3.8, 4) is 0 Å². The lowest BCUT2D eigenvalue weighted by atomic mass is 10.2. The molecule has 5 N–H and O–H groups in total. The average molecular weight is 145 g/mol. The van der Waals surface area contributed by atoms with Crippen LogP contribution in [0.15, 0.2) is 0 Å². The zero-order valence-electron chi connectivity index (χ0n) is 6.26. The van der Waals surface area contributed by atoms with Gasteiger partial charge in [0.2, 0.25) is 5.91 Å². The number of rotatable bonds is 4. The lowest BCUT2D eigenvalue weighted by Gasteiger charge is -2.07. The van der Waals surface area contributed by atoms with Crippen molar-refractivity contribution in [1.29, 1.82) is 0 Å². The quantitative estimate of drug-likeness (QED) is 0.464. The van der Waals surface area contributed by atoms with Gasteiger partial charge in [-0.15, -0.1) is 0 Å². The van der Waals surface area contributed by atoms with E-state index in [1.54, 1.807) is 0 Å². The van der Waals surface area contributed by atoms with Crippen LogP contribution in [0.1, 0.15) is 13.3 Å². The van der Waals surface area contributed by atoms with Gasteiger partial charge in [-0.3, -0.25) is 4.79 Å². The molecular weight excluding hydrogens is 130 g/mol. The Labute approximate surface area is 61.0 Å². The van der Waals surface area contributed by atoms with Crippen LogP contribution in [0, 0.1) is 0 Å². The zero-order chi connectivity index (χ0) is 7.98. The molecule has 1 amide bonds. The summed E-state index contributed by atoms with van der Waals surface area (Å²) in [5, 5.41) is 2.64. The first-order valence-corrected chi connectivity index (χ1v) is 3.37. The standard InChI is InChI=1S/C6H15N3O/c1-5(10)9-3-2-6(8)4-7/h6H,2-4,7-8H2,1H3,(H,9,10)/t6-/m1/s1. The van der Waals surface area contributed by atoms with E-state index in [2.05, 4.69) is 5.32 Å². The van der Waals surface area contributed by atoms with Gasteiger partial charge < -0.3 is 16.8 Å². The topological polar surface area (TPSA) is 81.1 Å². The molecule has 0 unspecified atom stereocenters. The molecule has 4 heteroatoms. The third kappa shape index (κ3) is 5.53. The van der Waals surface area contributed by atoms with Crippen molar-refractivity contribution >= 4 is 5.91 Å². The van der Waals surface area contributed by atoms with Gasteiger partial charge in [-0.05, 0) is 6.42 Å². The molecule has 0 aromatic heterocycles. The van der Waals surface area contributed by atoms with Gasteiger partial charge in [0.25, 0.3) is 0 Å². The Kier molecular flexibility index (Phi) is 4.88. The number of amides is 1. The predicted octanol–water partition coefficient (Wildman–Crippen LogP) is -1.20. The molecule has 4 nitrogen and oxygen atoms in total. The van der Waals surface area contributed by atoms with E-state index in [0.717, 1.165) is 6.42 Å². The Balaban J connectivity index is 3.11. The van der Waals surface area contributed by atoms with Crippen molar-refractivity contribution in [1.82, 2.24) is 5.32 Å². The highest BCUT2D eigenvalue weighted by atomic mass is 16.1. The number of hydrogen-bond donors (Lipinski definition) is 3. The summed E-state index contributed by atoms with van der Waals surface area (Å²) in [5.41, 5.74) is 10.7. The Morgan fingerprint density at radius 1 is 1.70 bits per heavy atom. The molecule has 10 heavy (non-hydrogen) atoms. The molecule has 0 saturated carbocycles. The molecule has 0 fully saturated rings. The monoisotopic (exact) mass is 145 g/mol. The Bertz CT molecular complexity index is 105. The van der Waals surface area contributed by atoms with E-state index in [9.17, 15) is 4.79 Å². The molecule has 0 aromatic rings. The first kappa shape index (κ1) is 9.39. The first-order chi connectivity index (χ1) is 4.66. The van der Waals surface area contributed by atoms with Crippen molar-refractivity contribution in [3.05, 3.63) is 0 Å². The average Bonchev–Trinajstić information content (AvgIpc) is 1.87. The molecule has 0 aliphatic heterocycles. The van der Waals surface area contributed by atoms with Crippen molar-refractivity contribution in [3.63, 3.8) is 0 Å². The molecule has 1 atom stereocenters. The SMILES string of the molecule is CC(=O)NCC[C@@H](N)CN. The number of hydrogen-bond acceptors (Lipinski definition) is 3. The zero-order valence-corrected chi connectivity index (χ0v) is 6.26. The Hall–Kier alpha value is -0.610. The maximum Gasteiger partial charge on any atom is 0.216 e. The second-order valence-electron chi connectivity index (χ2n) is 2.27. The second kappa shape index (κ2) is 5.20. The molecule has 0 heterocycles. The van der Waals surface area contributed by atoms with Crippen LogP contribution in [0.4, 0.5) is 0 Å². The van der Waals surface area contributed by atoms with Gasteiger partial charge in [-0.2, -0.15) is 0 Å². The molecule has 0 spiro atoms. The summed E-state index contributed by atoms with van der Waals surface area (Å²) in [4.78, 5) is 10.3. The molecule has 60 valence electrons. The molecule has 0 saturated heterocycles. The predicted molar refractivity (Wildman–Crippen MR) is 40.3 cm³/mol. The highest BCUT2D eigenvalue weighted by Crippen LogP contribution is 1.81. The van der Waals surface area contributed by atoms with Crippen LogP contribution < -0.4 is 16.8 Å². The number of nitrogens with one attached hydrogen (secondary N) is 1. The van der Waals surface area contributed by atoms with Crippen LogP contribution in [0.2, 0.25) is 0 Å². The molecule has 0 aromatic carbocycles. The number of nitrogens with two attached hydrogens (primary N) is 2. The molecule has 0 rings (SSSR count). The second-order valence-corrected chi connectivity index (χ2v) is 2.27. The number of carbonyl (C=O) groups excluding carboxylic acids is 1. The van der Waals surface area contributed by atoms with E-state index in [1.165, 1.54) is 6.92 Å². The lowest BCUT2D eigenvalue weighted by molar-refractivity contribution is -0.118. The van der Waals surface area contributed by atoms with E-state index in [1.807, 2.05) is 0 Å². The van der Waals surface area contributed by atoms with Crippen LogP contribution in [0.5, 0.6) is 0 Å².